The van der Waals surface area contributed by atoms with Crippen LogP contribution in [-0.4, -0.2) is 168 Å². The molecule has 23 nitrogen and oxygen atoms in total. The Labute approximate surface area is 318 Å². The molecular weight excluding hydrogens is 775 g/mol. The zero-order valence-corrected chi connectivity index (χ0v) is 32.8. The van der Waals surface area contributed by atoms with E-state index in [0.29, 0.717) is 34.9 Å². The number of hydroxylamine groups is 4. The number of amides is 8. The molecule has 310 valence electrons. The van der Waals surface area contributed by atoms with Crippen molar-refractivity contribution in [3.05, 3.63) is 0 Å². The van der Waals surface area contributed by atoms with Gasteiger partial charge in [0.25, 0.3) is 11.8 Å². The highest BCUT2D eigenvalue weighted by molar-refractivity contribution is 7.81. The highest BCUT2D eigenvalue weighted by atomic mass is 32.3. The van der Waals surface area contributed by atoms with Crippen LogP contribution in [0.15, 0.2) is 0 Å². The molecule has 0 aromatic carbocycles. The van der Waals surface area contributed by atoms with E-state index in [0.717, 1.165) is 42.1 Å². The van der Waals surface area contributed by atoms with Gasteiger partial charge in [-0.3, -0.25) is 49.2 Å². The maximum atomic E-state index is 12.6. The minimum atomic E-state index is -4.84. The summed E-state index contributed by atoms with van der Waals surface area (Å²) in [5, 5.41) is 3.47. The van der Waals surface area contributed by atoms with Crippen LogP contribution in [0.2, 0.25) is 0 Å². The summed E-state index contributed by atoms with van der Waals surface area (Å²) in [7, 11) is -2.83. The summed E-state index contributed by atoms with van der Waals surface area (Å²) in [5.41, 5.74) is 5.04. The van der Waals surface area contributed by atoms with Crippen molar-refractivity contribution in [1.82, 2.24) is 45.7 Å². The number of hydrazine groups is 2. The number of hydrogen-bond donors (Lipinski definition) is 4. The van der Waals surface area contributed by atoms with Crippen molar-refractivity contribution in [3.8, 4) is 0 Å². The lowest BCUT2D eigenvalue weighted by molar-refractivity contribution is -0.148. The van der Waals surface area contributed by atoms with Crippen LogP contribution in [-0.2, 0) is 48.5 Å². The molecule has 55 heavy (non-hydrogen) atoms. The maximum Gasteiger partial charge on any atom is 0.418 e. The van der Waals surface area contributed by atoms with Gasteiger partial charge in [-0.25, -0.2) is 9.59 Å². The number of hydrogen-bond acceptors (Lipinski definition) is 13. The van der Waals surface area contributed by atoms with Gasteiger partial charge in [-0.15, -0.1) is 8.57 Å². The Morgan fingerprint density at radius 2 is 1.07 bits per heavy atom. The molecule has 2 saturated carbocycles. The van der Waals surface area contributed by atoms with Crippen molar-refractivity contribution >= 4 is 56.5 Å². The fourth-order valence-electron chi connectivity index (χ4n) is 7.83. The zero-order valence-electron chi connectivity index (χ0n) is 31.1. The number of carbonyl (C=O) groups excluding carboxylic acids is 6. The van der Waals surface area contributed by atoms with E-state index < -0.39 is 68.8 Å². The summed E-state index contributed by atoms with van der Waals surface area (Å²) in [4.78, 5) is 79.0. The molecular formula is C30H49N9O14S2. The maximum absolute atomic E-state index is 12.6. The number of rotatable bonds is 10. The van der Waals surface area contributed by atoms with E-state index in [-0.39, 0.29) is 49.6 Å². The van der Waals surface area contributed by atoms with Crippen molar-refractivity contribution in [2.45, 2.75) is 94.9 Å². The van der Waals surface area contributed by atoms with E-state index in [9.17, 15) is 45.6 Å². The zero-order chi connectivity index (χ0) is 40.7. The second-order valence-electron chi connectivity index (χ2n) is 15.0. The highest BCUT2D eigenvalue weighted by Crippen LogP contribution is 2.37. The first-order chi connectivity index (χ1) is 25.6. The van der Waals surface area contributed by atoms with Crippen molar-refractivity contribution < 1.29 is 63.3 Å². The van der Waals surface area contributed by atoms with E-state index in [4.69, 9.17) is 9.11 Å². The van der Waals surface area contributed by atoms with Crippen LogP contribution in [0, 0.1) is 17.8 Å². The molecule has 6 rings (SSSR count). The molecule has 2 aliphatic carbocycles. The molecule has 4 atom stereocenters. The molecule has 25 heteroatoms. The monoisotopic (exact) mass is 823 g/mol. The van der Waals surface area contributed by atoms with Gasteiger partial charge in [0.15, 0.2) is 0 Å². The third-order valence-electron chi connectivity index (χ3n) is 11.2. The molecule has 4 bridgehead atoms. The van der Waals surface area contributed by atoms with Gasteiger partial charge in [0.05, 0.1) is 12.1 Å². The predicted octanol–water partition coefficient (Wildman–Crippen LogP) is -1.27. The topological polar surface area (TPSA) is 276 Å². The third-order valence-corrected chi connectivity index (χ3v) is 11.9. The summed E-state index contributed by atoms with van der Waals surface area (Å²) in [6, 6.07) is -4.12. The average molecular weight is 824 g/mol. The van der Waals surface area contributed by atoms with E-state index in [2.05, 4.69) is 31.2 Å². The van der Waals surface area contributed by atoms with E-state index >= 15 is 0 Å². The normalized spacial score (nSPS) is 29.9. The summed E-state index contributed by atoms with van der Waals surface area (Å²) < 4.78 is 69.9. The number of piperidine rings is 2. The molecule has 0 radical (unpaired) electrons. The predicted molar refractivity (Wildman–Crippen MR) is 185 cm³/mol. The largest absolute Gasteiger partial charge is 0.418 e. The van der Waals surface area contributed by atoms with Gasteiger partial charge < -0.3 is 14.7 Å². The number of nitrogens with one attached hydrogen (secondary N) is 2. The molecule has 4 aliphatic heterocycles. The second-order valence-corrected chi connectivity index (χ2v) is 17.0. The minimum Gasteiger partial charge on any atom is -0.309 e. The Kier molecular flexibility index (Phi) is 12.5. The smallest absolute Gasteiger partial charge is 0.309 e. The number of urea groups is 2. The molecule has 6 aliphatic rings. The van der Waals surface area contributed by atoms with Crippen molar-refractivity contribution in [1.29, 1.82) is 0 Å². The molecule has 4 N–H and O–H groups in total. The molecule has 6 fully saturated rings. The first-order valence-electron chi connectivity index (χ1n) is 17.9. The Bertz CT molecular complexity index is 1760. The van der Waals surface area contributed by atoms with Gasteiger partial charge in [0.1, 0.15) is 12.1 Å². The highest BCUT2D eigenvalue weighted by Gasteiger charge is 2.51. The lowest BCUT2D eigenvalue weighted by Gasteiger charge is -2.40. The molecule has 0 aromatic rings. The molecule has 4 saturated heterocycles. The van der Waals surface area contributed by atoms with Gasteiger partial charge >= 0.3 is 32.9 Å². The number of nitrogens with zero attached hydrogens (tertiary/aromatic N) is 7. The molecule has 4 heterocycles. The lowest BCUT2D eigenvalue weighted by Crippen LogP contribution is -2.57. The van der Waals surface area contributed by atoms with Crippen LogP contribution in [0.1, 0.15) is 64.7 Å². The van der Waals surface area contributed by atoms with E-state index in [1.54, 1.807) is 0 Å². The van der Waals surface area contributed by atoms with Crippen LogP contribution < -0.4 is 10.9 Å². The van der Waals surface area contributed by atoms with Gasteiger partial charge in [-0.2, -0.15) is 27.0 Å². The van der Waals surface area contributed by atoms with Crippen molar-refractivity contribution in [3.63, 3.8) is 0 Å². The number of fused-ring (bicyclic) bond motifs is 4. The molecule has 0 spiro atoms. The van der Waals surface area contributed by atoms with Gasteiger partial charge in [-0.1, -0.05) is 13.3 Å². The molecule has 0 aromatic heterocycles. The summed E-state index contributed by atoms with van der Waals surface area (Å²) in [6.07, 6.45) is 5.32. The first kappa shape index (κ1) is 42.3. The first-order valence-corrected chi connectivity index (χ1v) is 20.7. The molecule has 0 unspecified atom stereocenters. The summed E-state index contributed by atoms with van der Waals surface area (Å²) >= 11 is 0. The second kappa shape index (κ2) is 16.3. The van der Waals surface area contributed by atoms with Crippen LogP contribution in [0.25, 0.3) is 0 Å². The van der Waals surface area contributed by atoms with Gasteiger partial charge in [0, 0.05) is 45.1 Å². The van der Waals surface area contributed by atoms with Crippen molar-refractivity contribution in [2.24, 2.45) is 17.8 Å². The number of carbonyl (C=O) groups is 6. The Balaban J connectivity index is 0.000000211. The third kappa shape index (κ3) is 9.57. The minimum absolute atomic E-state index is 0.0944. The van der Waals surface area contributed by atoms with E-state index in [1.165, 1.54) is 23.9 Å². The average Bonchev–Trinajstić information content (AvgIpc) is 3.41. The Hall–Kier alpha value is -3.88. The van der Waals surface area contributed by atoms with Gasteiger partial charge in [0.2, 0.25) is 11.8 Å². The Morgan fingerprint density at radius 3 is 1.42 bits per heavy atom. The van der Waals surface area contributed by atoms with Crippen molar-refractivity contribution in [2.75, 3.05) is 41.3 Å². The SMILES string of the molecule is CCC1CC(C(=O)N(C)NC(=O)[C@@H]2CC[C@@H]3CN2C(=O)N3OS(=O)(=O)O)C1.CN(NC(=O)[C@@H]1CC[C@@H]2CN1C(=O)N2OS(=O)(=O)O)C(=O)C1CC(N(C)C)C1. The summed E-state index contributed by atoms with van der Waals surface area (Å²) in [6.45, 7) is 2.28. The van der Waals surface area contributed by atoms with Gasteiger partial charge in [-0.05, 0) is 71.4 Å². The van der Waals surface area contributed by atoms with Crippen LogP contribution in [0.4, 0.5) is 9.59 Å². The van der Waals surface area contributed by atoms with Crippen LogP contribution in [0.5, 0.6) is 0 Å². The Morgan fingerprint density at radius 1 is 0.691 bits per heavy atom. The fourth-order valence-corrected chi connectivity index (χ4v) is 8.60. The lowest BCUT2D eigenvalue weighted by atomic mass is 9.73. The van der Waals surface area contributed by atoms with E-state index in [1.807, 2.05) is 14.1 Å². The fraction of sp³-hybridized carbons (Fsp3) is 0.800. The van der Waals surface area contributed by atoms with Crippen LogP contribution in [0.3, 0.4) is 0 Å². The quantitative estimate of drug-likeness (QED) is 0.148. The standard InChI is InChI=1S/C15H25N5O7S.C15H24N4O7S/c1-17(2)11-6-9(7-11)14(22)18(3)16-13(21)12-5-4-10-8-19(12)15(23)20(10)27-28(24,25)26;1-3-9-6-10(7-9)14(21)17(2)16-13(20)12-5-4-11-8-18(12)15(22)19(11)26-27(23,24)25/h9-12H,4-8H2,1-3H3,(H,16,21)(H,24,25,26);9-12H,3-8H2,1-2H3,(H,16,20)(H,23,24,25)/t9?,10-,11?,12+;9?,10?,11-,12+/m11/s1. The summed E-state index contributed by atoms with van der Waals surface area (Å²) in [5.74, 6) is -1.09. The van der Waals surface area contributed by atoms with Crippen LogP contribution >= 0.6 is 0 Å². The molecule has 8 amide bonds.